The number of halogens is 1. The third-order valence-electron chi connectivity index (χ3n) is 3.25. The normalized spacial score (nSPS) is 12.9. The predicted molar refractivity (Wildman–Crippen MR) is 80.2 cm³/mol. The lowest BCUT2D eigenvalue weighted by atomic mass is 9.81. The van der Waals surface area contributed by atoms with Gasteiger partial charge in [-0.15, -0.1) is 0 Å². The zero-order valence-corrected chi connectivity index (χ0v) is 13.4. The van der Waals surface area contributed by atoms with Gasteiger partial charge < -0.3 is 19.7 Å². The summed E-state index contributed by atoms with van der Waals surface area (Å²) in [4.78, 5) is 10.8. The van der Waals surface area contributed by atoms with E-state index in [2.05, 4.69) is 0 Å². The number of hydrogen-bond donors (Lipinski definition) is 2. The van der Waals surface area contributed by atoms with E-state index in [0.717, 1.165) is 0 Å². The van der Waals surface area contributed by atoms with Crippen LogP contribution in [0.5, 0.6) is 11.5 Å². The highest BCUT2D eigenvalue weighted by Gasteiger charge is 2.28. The lowest BCUT2D eigenvalue weighted by Crippen LogP contribution is -2.20. The van der Waals surface area contributed by atoms with Gasteiger partial charge in [0.2, 0.25) is 0 Å². The molecule has 21 heavy (non-hydrogen) atoms. The molecule has 1 aromatic rings. The van der Waals surface area contributed by atoms with Gasteiger partial charge in [-0.25, -0.2) is 0 Å². The molecule has 0 fully saturated rings. The Balaban J connectivity index is 3.05. The van der Waals surface area contributed by atoms with Gasteiger partial charge in [-0.05, 0) is 24.0 Å². The Labute approximate surface area is 129 Å². The maximum atomic E-state index is 10.8. The molecule has 0 bridgehead atoms. The largest absolute Gasteiger partial charge is 0.495 e. The summed E-state index contributed by atoms with van der Waals surface area (Å²) in [5.74, 6) is -0.101. The van der Waals surface area contributed by atoms with Gasteiger partial charge in [-0.3, -0.25) is 4.79 Å². The molecule has 1 atom stereocenters. The van der Waals surface area contributed by atoms with Gasteiger partial charge in [0, 0.05) is 5.56 Å². The van der Waals surface area contributed by atoms with E-state index in [4.69, 9.17) is 26.2 Å². The summed E-state index contributed by atoms with van der Waals surface area (Å²) < 4.78 is 10.4. The molecule has 6 heteroatoms. The van der Waals surface area contributed by atoms with Gasteiger partial charge in [-0.2, -0.15) is 0 Å². The molecule has 0 heterocycles. The quantitative estimate of drug-likeness (QED) is 0.807. The fraction of sp³-hybridized carbons (Fsp3) is 0.533. The molecule has 0 aliphatic rings. The molecule has 0 aliphatic heterocycles. The first kappa shape index (κ1) is 17.6. The number of aliphatic hydroxyl groups excluding tert-OH is 1. The lowest BCUT2D eigenvalue weighted by Gasteiger charge is -2.27. The van der Waals surface area contributed by atoms with E-state index in [-0.39, 0.29) is 17.9 Å². The maximum absolute atomic E-state index is 10.8. The Bertz CT molecular complexity index is 513. The summed E-state index contributed by atoms with van der Waals surface area (Å²) in [6, 6.07) is 3.32. The van der Waals surface area contributed by atoms with Gasteiger partial charge >= 0.3 is 5.97 Å². The number of aliphatic carboxylic acids is 1. The molecular weight excluding hydrogens is 296 g/mol. The van der Waals surface area contributed by atoms with Crippen molar-refractivity contribution < 1.29 is 24.5 Å². The molecular formula is C15H21ClO5. The first-order chi connectivity index (χ1) is 9.71. The predicted octanol–water partition coefficient (Wildman–Crippen LogP) is 3.28. The van der Waals surface area contributed by atoms with Crippen LogP contribution in [-0.4, -0.2) is 30.4 Å². The molecule has 0 amide bonds. The van der Waals surface area contributed by atoms with Crippen molar-refractivity contribution in [1.29, 1.82) is 0 Å². The van der Waals surface area contributed by atoms with E-state index in [9.17, 15) is 9.90 Å². The standard InChI is InChI=1S/C15H21ClO5/c1-15(2,8-12(18)19)7-10(17)9-5-6-11(20-3)13(16)14(9)21-4/h5-6,10,17H,7-8H2,1-4H3,(H,18,19). The van der Waals surface area contributed by atoms with E-state index >= 15 is 0 Å². The Hall–Kier alpha value is -1.46. The number of hydrogen-bond acceptors (Lipinski definition) is 4. The highest BCUT2D eigenvalue weighted by molar-refractivity contribution is 6.33. The minimum absolute atomic E-state index is 0.0315. The van der Waals surface area contributed by atoms with Crippen LogP contribution in [0.25, 0.3) is 0 Å². The van der Waals surface area contributed by atoms with E-state index in [1.807, 2.05) is 0 Å². The molecule has 0 aromatic heterocycles. The first-order valence-electron chi connectivity index (χ1n) is 6.52. The molecule has 0 saturated heterocycles. The Morgan fingerprint density at radius 1 is 1.33 bits per heavy atom. The monoisotopic (exact) mass is 316 g/mol. The number of benzene rings is 1. The molecule has 1 unspecified atom stereocenters. The van der Waals surface area contributed by atoms with Crippen molar-refractivity contribution in [3.63, 3.8) is 0 Å². The van der Waals surface area contributed by atoms with Crippen molar-refractivity contribution >= 4 is 17.6 Å². The molecule has 0 aliphatic carbocycles. The smallest absolute Gasteiger partial charge is 0.303 e. The molecule has 1 aromatic carbocycles. The summed E-state index contributed by atoms with van der Waals surface area (Å²) >= 11 is 6.16. The zero-order chi connectivity index (χ0) is 16.2. The van der Waals surface area contributed by atoms with Crippen LogP contribution in [0.4, 0.5) is 0 Å². The average Bonchev–Trinajstić information content (AvgIpc) is 2.35. The van der Waals surface area contributed by atoms with E-state index < -0.39 is 17.5 Å². The summed E-state index contributed by atoms with van der Waals surface area (Å²) in [6.07, 6.45) is -0.633. The highest BCUT2D eigenvalue weighted by Crippen LogP contribution is 2.42. The van der Waals surface area contributed by atoms with Crippen LogP contribution < -0.4 is 9.47 Å². The molecule has 5 nitrogen and oxygen atoms in total. The number of carboxylic acids is 1. The van der Waals surface area contributed by atoms with Crippen molar-refractivity contribution in [3.8, 4) is 11.5 Å². The molecule has 0 spiro atoms. The second kappa shape index (κ2) is 7.00. The SMILES string of the molecule is COc1ccc(C(O)CC(C)(C)CC(=O)O)c(OC)c1Cl. The lowest BCUT2D eigenvalue weighted by molar-refractivity contribution is -0.139. The van der Waals surface area contributed by atoms with Crippen LogP contribution in [0.1, 0.15) is 38.4 Å². The molecule has 118 valence electrons. The van der Waals surface area contributed by atoms with Crippen LogP contribution in [0.2, 0.25) is 5.02 Å². The average molecular weight is 317 g/mol. The fourth-order valence-electron chi connectivity index (χ4n) is 2.30. The van der Waals surface area contributed by atoms with Gasteiger partial charge in [0.15, 0.2) is 0 Å². The van der Waals surface area contributed by atoms with E-state index in [0.29, 0.717) is 17.1 Å². The second-order valence-corrected chi connectivity index (χ2v) is 6.04. The molecule has 1 rings (SSSR count). The fourth-order valence-corrected chi connectivity index (χ4v) is 2.62. The Morgan fingerprint density at radius 2 is 1.95 bits per heavy atom. The topological polar surface area (TPSA) is 76.0 Å². The summed E-state index contributed by atoms with van der Waals surface area (Å²) in [6.45, 7) is 3.59. The van der Waals surface area contributed by atoms with E-state index in [1.165, 1.54) is 14.2 Å². The van der Waals surface area contributed by atoms with Crippen LogP contribution in [0.3, 0.4) is 0 Å². The minimum Gasteiger partial charge on any atom is -0.495 e. The van der Waals surface area contributed by atoms with Crippen LogP contribution >= 0.6 is 11.6 Å². The number of methoxy groups -OCH3 is 2. The van der Waals surface area contributed by atoms with Crippen molar-refractivity contribution in [3.05, 3.63) is 22.7 Å². The zero-order valence-electron chi connectivity index (χ0n) is 12.6. The van der Waals surface area contributed by atoms with E-state index in [1.54, 1.807) is 26.0 Å². The van der Waals surface area contributed by atoms with Gasteiger partial charge in [0.05, 0.1) is 26.7 Å². The van der Waals surface area contributed by atoms with Crippen molar-refractivity contribution in [2.45, 2.75) is 32.8 Å². The van der Waals surface area contributed by atoms with Gasteiger partial charge in [0.25, 0.3) is 0 Å². The van der Waals surface area contributed by atoms with Gasteiger partial charge in [0.1, 0.15) is 16.5 Å². The van der Waals surface area contributed by atoms with Crippen LogP contribution in [0.15, 0.2) is 12.1 Å². The Morgan fingerprint density at radius 3 is 2.43 bits per heavy atom. The maximum Gasteiger partial charge on any atom is 0.303 e. The highest BCUT2D eigenvalue weighted by atomic mass is 35.5. The number of aliphatic hydroxyl groups is 1. The van der Waals surface area contributed by atoms with Crippen LogP contribution in [-0.2, 0) is 4.79 Å². The molecule has 0 radical (unpaired) electrons. The molecule has 2 N–H and O–H groups in total. The third kappa shape index (κ3) is 4.51. The number of carboxylic acid groups (broad SMARTS) is 1. The third-order valence-corrected chi connectivity index (χ3v) is 3.61. The van der Waals surface area contributed by atoms with Crippen molar-refractivity contribution in [2.75, 3.05) is 14.2 Å². The van der Waals surface area contributed by atoms with Gasteiger partial charge in [-0.1, -0.05) is 25.4 Å². The molecule has 0 saturated carbocycles. The number of carbonyl (C=O) groups is 1. The number of rotatable bonds is 7. The summed E-state index contributed by atoms with van der Waals surface area (Å²) in [5.41, 5.74) is -0.0374. The second-order valence-electron chi connectivity index (χ2n) is 5.66. The van der Waals surface area contributed by atoms with Crippen molar-refractivity contribution in [2.24, 2.45) is 5.41 Å². The van der Waals surface area contributed by atoms with Crippen LogP contribution in [0, 0.1) is 5.41 Å². The summed E-state index contributed by atoms with van der Waals surface area (Å²) in [7, 11) is 2.95. The number of ether oxygens (including phenoxy) is 2. The Kier molecular flexibility index (Phi) is 5.87. The van der Waals surface area contributed by atoms with Crippen molar-refractivity contribution in [1.82, 2.24) is 0 Å². The first-order valence-corrected chi connectivity index (χ1v) is 6.90. The minimum atomic E-state index is -0.896. The summed E-state index contributed by atoms with van der Waals surface area (Å²) in [5, 5.41) is 19.6.